The zero-order chi connectivity index (χ0) is 11.5. The number of hydrogen-bond acceptors (Lipinski definition) is 3. The number of aromatic nitrogens is 2. The standard InChI is InChI=1S/C11H18N4O/c1-2-3-9-5-10(14-13-9)15-7-8(6-12)4-11(15)16/h5,8H,2-4,6-7,12H2,1H3,(H,13,14). The highest BCUT2D eigenvalue weighted by Crippen LogP contribution is 2.23. The van der Waals surface area contributed by atoms with Crippen molar-refractivity contribution in [3.8, 4) is 0 Å². The second-order valence-electron chi connectivity index (χ2n) is 4.31. The maximum Gasteiger partial charge on any atom is 0.228 e. The average Bonchev–Trinajstić information content (AvgIpc) is 2.85. The molecule has 2 heterocycles. The number of nitrogens with one attached hydrogen (secondary N) is 1. The van der Waals surface area contributed by atoms with E-state index in [-0.39, 0.29) is 11.8 Å². The molecule has 1 fully saturated rings. The molecule has 0 bridgehead atoms. The Kier molecular flexibility index (Phi) is 3.24. The summed E-state index contributed by atoms with van der Waals surface area (Å²) >= 11 is 0. The third-order valence-electron chi connectivity index (χ3n) is 2.95. The monoisotopic (exact) mass is 222 g/mol. The zero-order valence-corrected chi connectivity index (χ0v) is 9.57. The Morgan fingerprint density at radius 2 is 2.50 bits per heavy atom. The van der Waals surface area contributed by atoms with Gasteiger partial charge in [-0.3, -0.25) is 14.8 Å². The molecule has 88 valence electrons. The molecule has 0 aromatic carbocycles. The van der Waals surface area contributed by atoms with Gasteiger partial charge in [0.05, 0.1) is 0 Å². The second kappa shape index (κ2) is 4.65. The van der Waals surface area contributed by atoms with Crippen LogP contribution in [-0.4, -0.2) is 29.2 Å². The SMILES string of the molecule is CCCc1cc(N2CC(CN)CC2=O)n[nH]1. The molecule has 3 N–H and O–H groups in total. The maximum absolute atomic E-state index is 11.7. The Morgan fingerprint density at radius 1 is 1.69 bits per heavy atom. The smallest absolute Gasteiger partial charge is 0.228 e. The lowest BCUT2D eigenvalue weighted by Crippen LogP contribution is -2.26. The minimum absolute atomic E-state index is 0.130. The van der Waals surface area contributed by atoms with Crippen molar-refractivity contribution >= 4 is 11.7 Å². The summed E-state index contributed by atoms with van der Waals surface area (Å²) in [5.74, 6) is 1.15. The van der Waals surface area contributed by atoms with E-state index in [2.05, 4.69) is 17.1 Å². The Balaban J connectivity index is 2.09. The van der Waals surface area contributed by atoms with Crippen LogP contribution in [0.4, 0.5) is 5.82 Å². The van der Waals surface area contributed by atoms with Gasteiger partial charge in [0.1, 0.15) is 0 Å². The van der Waals surface area contributed by atoms with Crippen molar-refractivity contribution in [1.82, 2.24) is 10.2 Å². The van der Waals surface area contributed by atoms with Crippen LogP contribution in [0.1, 0.15) is 25.5 Å². The van der Waals surface area contributed by atoms with Crippen LogP contribution in [0.5, 0.6) is 0 Å². The summed E-state index contributed by atoms with van der Waals surface area (Å²) in [4.78, 5) is 13.5. The lowest BCUT2D eigenvalue weighted by molar-refractivity contribution is -0.117. The predicted octanol–water partition coefficient (Wildman–Crippen LogP) is 0.674. The lowest BCUT2D eigenvalue weighted by atomic mass is 10.1. The molecule has 1 unspecified atom stereocenters. The number of aryl methyl sites for hydroxylation is 1. The van der Waals surface area contributed by atoms with Crippen LogP contribution in [0, 0.1) is 5.92 Å². The van der Waals surface area contributed by atoms with Crippen molar-refractivity contribution in [2.75, 3.05) is 18.0 Å². The molecule has 1 aliphatic rings. The van der Waals surface area contributed by atoms with Crippen LogP contribution in [0.2, 0.25) is 0 Å². The molecule has 0 radical (unpaired) electrons. The number of nitrogens with zero attached hydrogens (tertiary/aromatic N) is 2. The van der Waals surface area contributed by atoms with Crippen molar-refractivity contribution in [3.05, 3.63) is 11.8 Å². The molecule has 1 aromatic rings. The topological polar surface area (TPSA) is 75.0 Å². The number of rotatable bonds is 4. The van der Waals surface area contributed by atoms with Crippen LogP contribution in [-0.2, 0) is 11.2 Å². The summed E-state index contributed by atoms with van der Waals surface area (Å²) in [6.07, 6.45) is 2.59. The Bertz CT molecular complexity index is 374. The van der Waals surface area contributed by atoms with Gasteiger partial charge in [-0.05, 0) is 18.9 Å². The molecule has 16 heavy (non-hydrogen) atoms. The molecule has 0 spiro atoms. The Labute approximate surface area is 95.0 Å². The van der Waals surface area contributed by atoms with Gasteiger partial charge >= 0.3 is 0 Å². The summed E-state index contributed by atoms with van der Waals surface area (Å²) in [5.41, 5.74) is 6.67. The van der Waals surface area contributed by atoms with Crippen molar-refractivity contribution < 1.29 is 4.79 Å². The van der Waals surface area contributed by atoms with E-state index in [1.54, 1.807) is 4.90 Å². The Hall–Kier alpha value is -1.36. The molecule has 0 saturated carbocycles. The molecule has 1 saturated heterocycles. The minimum atomic E-state index is 0.130. The van der Waals surface area contributed by atoms with Gasteiger partial charge in [0.2, 0.25) is 5.91 Å². The summed E-state index contributed by atoms with van der Waals surface area (Å²) < 4.78 is 0. The van der Waals surface area contributed by atoms with Gasteiger partial charge in [-0.2, -0.15) is 5.10 Å². The highest BCUT2D eigenvalue weighted by molar-refractivity contribution is 5.94. The third kappa shape index (κ3) is 2.09. The van der Waals surface area contributed by atoms with Gasteiger partial charge < -0.3 is 5.73 Å². The lowest BCUT2D eigenvalue weighted by Gasteiger charge is -2.12. The van der Waals surface area contributed by atoms with Gasteiger partial charge in [-0.15, -0.1) is 0 Å². The number of nitrogens with two attached hydrogens (primary N) is 1. The first-order valence-electron chi connectivity index (χ1n) is 5.79. The van der Waals surface area contributed by atoms with Crippen LogP contribution in [0.25, 0.3) is 0 Å². The summed E-state index contributed by atoms with van der Waals surface area (Å²) in [5, 5.41) is 7.14. The fourth-order valence-electron chi connectivity index (χ4n) is 2.05. The van der Waals surface area contributed by atoms with E-state index in [1.165, 1.54) is 0 Å². The first-order chi connectivity index (χ1) is 7.74. The molecule has 1 atom stereocenters. The Morgan fingerprint density at radius 3 is 3.12 bits per heavy atom. The van der Waals surface area contributed by atoms with E-state index in [1.807, 2.05) is 6.07 Å². The number of aromatic amines is 1. The van der Waals surface area contributed by atoms with Gasteiger partial charge in [0.25, 0.3) is 0 Å². The number of anilines is 1. The van der Waals surface area contributed by atoms with Crippen molar-refractivity contribution in [2.45, 2.75) is 26.2 Å². The van der Waals surface area contributed by atoms with E-state index >= 15 is 0 Å². The number of hydrogen-bond donors (Lipinski definition) is 2. The first-order valence-corrected chi connectivity index (χ1v) is 5.79. The van der Waals surface area contributed by atoms with Crippen molar-refractivity contribution in [1.29, 1.82) is 0 Å². The third-order valence-corrected chi connectivity index (χ3v) is 2.95. The molecular formula is C11H18N4O. The van der Waals surface area contributed by atoms with E-state index in [0.29, 0.717) is 19.5 Å². The number of carbonyl (C=O) groups excluding carboxylic acids is 1. The van der Waals surface area contributed by atoms with Crippen LogP contribution in [0.15, 0.2) is 6.07 Å². The molecular weight excluding hydrogens is 204 g/mol. The second-order valence-corrected chi connectivity index (χ2v) is 4.31. The van der Waals surface area contributed by atoms with Gasteiger partial charge in [-0.1, -0.05) is 13.3 Å². The van der Waals surface area contributed by atoms with Crippen LogP contribution < -0.4 is 10.6 Å². The molecule has 2 rings (SSSR count). The van der Waals surface area contributed by atoms with E-state index in [4.69, 9.17) is 5.73 Å². The number of carbonyl (C=O) groups is 1. The van der Waals surface area contributed by atoms with Crippen LogP contribution >= 0.6 is 0 Å². The fraction of sp³-hybridized carbons (Fsp3) is 0.636. The fourth-order valence-corrected chi connectivity index (χ4v) is 2.05. The number of H-pyrrole nitrogens is 1. The van der Waals surface area contributed by atoms with Crippen molar-refractivity contribution in [2.24, 2.45) is 11.7 Å². The molecule has 1 aliphatic heterocycles. The molecule has 5 heteroatoms. The van der Waals surface area contributed by atoms with Gasteiger partial charge in [0.15, 0.2) is 5.82 Å². The molecule has 0 aliphatic carbocycles. The van der Waals surface area contributed by atoms with E-state index < -0.39 is 0 Å². The average molecular weight is 222 g/mol. The summed E-state index contributed by atoms with van der Waals surface area (Å²) in [6, 6.07) is 1.96. The molecule has 1 amide bonds. The normalized spacial score (nSPS) is 20.8. The van der Waals surface area contributed by atoms with E-state index in [9.17, 15) is 4.79 Å². The summed E-state index contributed by atoms with van der Waals surface area (Å²) in [7, 11) is 0. The molecule has 5 nitrogen and oxygen atoms in total. The predicted molar refractivity (Wildman–Crippen MR) is 62.1 cm³/mol. The maximum atomic E-state index is 11.7. The van der Waals surface area contributed by atoms with E-state index in [0.717, 1.165) is 24.4 Å². The number of amides is 1. The summed E-state index contributed by atoms with van der Waals surface area (Å²) in [6.45, 7) is 3.38. The minimum Gasteiger partial charge on any atom is -0.330 e. The van der Waals surface area contributed by atoms with Gasteiger partial charge in [-0.25, -0.2) is 0 Å². The zero-order valence-electron chi connectivity index (χ0n) is 9.57. The van der Waals surface area contributed by atoms with Gasteiger partial charge in [0, 0.05) is 24.7 Å². The largest absolute Gasteiger partial charge is 0.330 e. The first kappa shape index (κ1) is 11.1. The highest BCUT2D eigenvalue weighted by atomic mass is 16.2. The quantitative estimate of drug-likeness (QED) is 0.786. The van der Waals surface area contributed by atoms with Crippen molar-refractivity contribution in [3.63, 3.8) is 0 Å². The molecule has 1 aromatic heterocycles. The van der Waals surface area contributed by atoms with Crippen LogP contribution in [0.3, 0.4) is 0 Å². The highest BCUT2D eigenvalue weighted by Gasteiger charge is 2.30.